The highest BCUT2D eigenvalue weighted by Gasteiger charge is 2.98. The smallest absolute Gasteiger partial charge is 0.339 e. The molecule has 8 aliphatic carbocycles. The van der Waals surface area contributed by atoms with Crippen LogP contribution in [0.15, 0.2) is 40.7 Å². The molecular formula is C63H84N2O11. The first kappa shape index (κ1) is 48.8. The Morgan fingerprint density at radius 1 is 0.908 bits per heavy atom. The third-order valence-corrected chi connectivity index (χ3v) is 26.9. The summed E-state index contributed by atoms with van der Waals surface area (Å²) in [7, 11) is 0. The van der Waals surface area contributed by atoms with Crippen LogP contribution in [-0.2, 0) is 39.8 Å². The Hall–Kier alpha value is -3.07. The van der Waals surface area contributed by atoms with Gasteiger partial charge in [-0.25, -0.2) is 4.79 Å². The Morgan fingerprint density at radius 3 is 2.53 bits per heavy atom. The van der Waals surface area contributed by atoms with Crippen LogP contribution < -0.4 is 5.32 Å². The summed E-state index contributed by atoms with van der Waals surface area (Å²) in [5, 5.41) is 40.4. The largest absolute Gasteiger partial charge is 0.469 e. The van der Waals surface area contributed by atoms with E-state index in [9.17, 15) is 15.3 Å². The SMILES string of the molecule is CC(CC1C=C2CC3CCCC34CC3CC5(C)C(c6ccoc6CC(C(O)CO)C6CCC7C(C=CN8CNCC78)C6)OC(=O)C6OC65C5(C6CCCCC6)C(O)C(=O)C6C1(C)OC21C4C(=O)OCC61C35)C1CCCC1. The third kappa shape index (κ3) is 5.60. The van der Waals surface area contributed by atoms with Crippen molar-refractivity contribution >= 4 is 17.7 Å². The summed E-state index contributed by atoms with van der Waals surface area (Å²) >= 11 is 0. The number of aliphatic hydroxyl groups is 3. The molecule has 1 aromatic rings. The maximum atomic E-state index is 16.9. The van der Waals surface area contributed by atoms with Crippen molar-refractivity contribution in [3.63, 3.8) is 0 Å². The maximum absolute atomic E-state index is 16.9. The minimum atomic E-state index is -1.45. The molecule has 76 heavy (non-hydrogen) atoms. The van der Waals surface area contributed by atoms with Gasteiger partial charge in [-0.05, 0) is 160 Å². The van der Waals surface area contributed by atoms with Crippen LogP contribution in [0.3, 0.4) is 0 Å². The number of hydrogen-bond donors (Lipinski definition) is 4. The fraction of sp³-hybridized carbons (Fsp3) is 0.825. The predicted molar refractivity (Wildman–Crippen MR) is 276 cm³/mol. The van der Waals surface area contributed by atoms with E-state index < -0.39 is 80.7 Å². The Balaban J connectivity index is 0.858. The number of carbonyl (C=O) groups excluding carboxylic acids is 3. The van der Waals surface area contributed by atoms with Gasteiger partial charge in [-0.15, -0.1) is 0 Å². The average Bonchev–Trinajstić information content (AvgIpc) is 2.05. The molecule has 8 saturated carbocycles. The van der Waals surface area contributed by atoms with Crippen molar-refractivity contribution in [2.24, 2.45) is 98.6 Å². The van der Waals surface area contributed by atoms with Gasteiger partial charge in [-0.2, -0.15) is 0 Å². The number of aliphatic hydroxyl groups excluding tert-OH is 3. The number of nitrogens with zero attached hydrogens (tertiary/aromatic N) is 1. The van der Waals surface area contributed by atoms with Crippen molar-refractivity contribution in [3.05, 3.63) is 47.6 Å². The molecule has 0 aromatic carbocycles. The first-order valence-corrected chi connectivity index (χ1v) is 30.9. The summed E-state index contributed by atoms with van der Waals surface area (Å²) in [4.78, 5) is 50.1. The molecule has 5 saturated heterocycles. The van der Waals surface area contributed by atoms with E-state index in [1.165, 1.54) is 31.3 Å². The van der Waals surface area contributed by atoms with Crippen LogP contribution in [0.2, 0.25) is 0 Å². The number of ketones is 1. The number of cyclic esters (lactones) is 2. The van der Waals surface area contributed by atoms with Gasteiger partial charge in [-0.1, -0.05) is 77.4 Å². The molecule has 13 fully saturated rings. The van der Waals surface area contributed by atoms with E-state index in [1.807, 2.05) is 6.07 Å². The topological polar surface area (TPSA) is 181 Å². The Bertz CT molecular complexity index is 2670. The number of esters is 2. The quantitative estimate of drug-likeness (QED) is 0.100. The molecule has 15 aliphatic rings. The van der Waals surface area contributed by atoms with Crippen LogP contribution in [0.1, 0.15) is 160 Å². The molecule has 1 aromatic heterocycles. The lowest BCUT2D eigenvalue weighted by atomic mass is 9.30. The first-order chi connectivity index (χ1) is 36.7. The van der Waals surface area contributed by atoms with Gasteiger partial charge in [0.1, 0.15) is 35.8 Å². The molecule has 8 heterocycles. The fourth-order valence-corrected chi connectivity index (χ4v) is 24.5. The molecule has 0 amide bonds. The molecule has 5 bridgehead atoms. The number of carbonyl (C=O) groups is 3. The molecule has 16 rings (SSSR count). The lowest BCUT2D eigenvalue weighted by Crippen LogP contribution is -2.82. The van der Waals surface area contributed by atoms with Crippen molar-refractivity contribution < 1.29 is 53.1 Å². The number of furan rings is 1. The highest BCUT2D eigenvalue weighted by atomic mass is 16.7. The van der Waals surface area contributed by atoms with E-state index in [4.69, 9.17) is 23.4 Å². The summed E-state index contributed by atoms with van der Waals surface area (Å²) < 4.78 is 36.0. The lowest BCUT2D eigenvalue weighted by Gasteiger charge is -2.72. The standard InChI is InChI=1S/C63H84N2O11/c1-33(34-10-7-8-11-34)22-40-25-41-24-39-14-9-19-59(39)28-37-27-57(2)53(43-18-21-72-47(43)26-44(46(67)30-66)35-15-16-42-36(23-35)17-20-65-32-64-29-45(42)65)74-56(71)54-63(57,75-54)61(38-12-5-4-6-13-38)49(37)60-31-73-55(70)51(59)62(41,60)76-58(40,3)50(60)48(68)52(61)69/h17-18,20-21,25,33-40,42,44-46,49-54,64,66-67,69H,4-16,19,22-24,26-32H2,1-3H3. The molecule has 4 spiro atoms. The number of epoxide rings is 1. The maximum Gasteiger partial charge on any atom is 0.339 e. The number of hydrogen-bond acceptors (Lipinski definition) is 13. The Labute approximate surface area is 448 Å². The van der Waals surface area contributed by atoms with E-state index in [2.05, 4.69) is 49.3 Å². The summed E-state index contributed by atoms with van der Waals surface area (Å²) in [5.74, 6) is -0.0802. The van der Waals surface area contributed by atoms with Crippen molar-refractivity contribution in [1.29, 1.82) is 0 Å². The van der Waals surface area contributed by atoms with Crippen LogP contribution in [0.4, 0.5) is 0 Å². The molecule has 13 heteroatoms. The zero-order valence-electron chi connectivity index (χ0n) is 45.3. The van der Waals surface area contributed by atoms with Crippen LogP contribution in [0, 0.1) is 98.6 Å². The predicted octanol–water partition coefficient (Wildman–Crippen LogP) is 8.14. The van der Waals surface area contributed by atoms with Crippen LogP contribution >= 0.6 is 0 Å². The number of Topliss-reactive ketones (excluding diaryl/α,β-unsaturated/α-hetero) is 1. The van der Waals surface area contributed by atoms with Gasteiger partial charge in [0.2, 0.25) is 0 Å². The second-order valence-electron chi connectivity index (χ2n) is 29.2. The van der Waals surface area contributed by atoms with Gasteiger partial charge in [0.25, 0.3) is 0 Å². The normalized spacial score (nSPS) is 52.3. The third-order valence-electron chi connectivity index (χ3n) is 26.9. The summed E-state index contributed by atoms with van der Waals surface area (Å²) in [6.07, 6.45) is 23.5. The molecular weight excluding hydrogens is 961 g/mol. The Kier molecular flexibility index (Phi) is 10.5. The summed E-state index contributed by atoms with van der Waals surface area (Å²) in [6.45, 7) is 8.43. The van der Waals surface area contributed by atoms with Gasteiger partial charge >= 0.3 is 11.9 Å². The molecule has 0 radical (unpaired) electrons. The van der Waals surface area contributed by atoms with Crippen molar-refractivity contribution in [1.82, 2.24) is 10.2 Å². The fourth-order valence-electron chi connectivity index (χ4n) is 24.5. The van der Waals surface area contributed by atoms with E-state index >= 15 is 14.4 Å². The highest BCUT2D eigenvalue weighted by molar-refractivity contribution is 5.94. The van der Waals surface area contributed by atoms with Crippen molar-refractivity contribution in [3.8, 4) is 0 Å². The van der Waals surface area contributed by atoms with Gasteiger partial charge in [0.05, 0.1) is 48.5 Å². The number of nitrogens with one attached hydrogen (secondary N) is 1. The molecule has 412 valence electrons. The van der Waals surface area contributed by atoms with Gasteiger partial charge in [0, 0.05) is 41.3 Å². The highest BCUT2D eigenvalue weighted by Crippen LogP contribution is 2.90. The molecule has 4 N–H and O–H groups in total. The van der Waals surface area contributed by atoms with Gasteiger partial charge < -0.3 is 43.6 Å². The van der Waals surface area contributed by atoms with Crippen LogP contribution in [0.5, 0.6) is 0 Å². The van der Waals surface area contributed by atoms with E-state index in [0.29, 0.717) is 48.3 Å². The zero-order chi connectivity index (χ0) is 51.7. The minimum absolute atomic E-state index is 0.0693. The zero-order valence-corrected chi connectivity index (χ0v) is 45.3. The number of allylic oxidation sites excluding steroid dienone is 1. The van der Waals surface area contributed by atoms with E-state index in [-0.39, 0.29) is 66.4 Å². The number of ether oxygens (including phenoxy) is 4. The molecule has 7 aliphatic heterocycles. The summed E-state index contributed by atoms with van der Waals surface area (Å²) in [6, 6.07) is 2.43. The van der Waals surface area contributed by atoms with Crippen LogP contribution in [0.25, 0.3) is 0 Å². The second-order valence-corrected chi connectivity index (χ2v) is 29.2. The molecule has 23 atom stereocenters. The van der Waals surface area contributed by atoms with Crippen molar-refractivity contribution in [2.45, 2.75) is 196 Å². The lowest BCUT2D eigenvalue weighted by molar-refractivity contribution is -0.300. The molecule has 13 nitrogen and oxygen atoms in total. The molecule has 23 unspecified atom stereocenters. The first-order valence-electron chi connectivity index (χ1n) is 30.9. The monoisotopic (exact) mass is 1040 g/mol. The number of rotatable bonds is 10. The second kappa shape index (κ2) is 16.3. The van der Waals surface area contributed by atoms with Crippen LogP contribution in [-0.4, -0.2) is 106 Å². The minimum Gasteiger partial charge on any atom is -0.469 e. The van der Waals surface area contributed by atoms with Crippen molar-refractivity contribution in [2.75, 3.05) is 26.4 Å². The van der Waals surface area contributed by atoms with Gasteiger partial charge in [0.15, 0.2) is 11.9 Å². The van der Waals surface area contributed by atoms with E-state index in [1.54, 1.807) is 6.26 Å². The Morgan fingerprint density at radius 2 is 1.71 bits per heavy atom. The number of fused-ring (bicyclic) bond motifs is 5. The average molecular weight is 1050 g/mol. The van der Waals surface area contributed by atoms with Gasteiger partial charge in [-0.3, -0.25) is 14.9 Å². The summed E-state index contributed by atoms with van der Waals surface area (Å²) in [5.41, 5.74) is -4.95. The van der Waals surface area contributed by atoms with E-state index in [0.717, 1.165) is 109 Å².